The Morgan fingerprint density at radius 2 is 2.19 bits per heavy atom. The Bertz CT molecular complexity index is 1150. The van der Waals surface area contributed by atoms with Crippen LogP contribution in [0.1, 0.15) is 20.9 Å². The second kappa shape index (κ2) is 7.38. The van der Waals surface area contributed by atoms with Gasteiger partial charge in [0, 0.05) is 39.6 Å². The van der Waals surface area contributed by atoms with Crippen molar-refractivity contribution in [2.75, 3.05) is 7.11 Å². The molecule has 5 nitrogen and oxygen atoms in total. The van der Waals surface area contributed by atoms with Crippen LogP contribution >= 0.6 is 27.3 Å². The summed E-state index contributed by atoms with van der Waals surface area (Å²) >= 11 is 4.68. The van der Waals surface area contributed by atoms with Gasteiger partial charge in [0.2, 0.25) is 0 Å². The first-order valence-electron chi connectivity index (χ1n) is 8.17. The fraction of sp³-hybridized carbons (Fsp3) is 0.158. The maximum atomic E-state index is 14.3. The van der Waals surface area contributed by atoms with Crippen LogP contribution in [0.3, 0.4) is 0 Å². The molecule has 1 amide bonds. The van der Waals surface area contributed by atoms with Crippen molar-refractivity contribution in [1.82, 2.24) is 14.7 Å². The smallest absolute Gasteiger partial charge is 0.262 e. The van der Waals surface area contributed by atoms with Gasteiger partial charge in [0.25, 0.3) is 5.91 Å². The SMILES string of the molecule is COCc1c(C(=O)NCc2cn3cc(Br)ccc3n2)sc2cccc(F)c12. The topological polar surface area (TPSA) is 55.6 Å². The lowest BCUT2D eigenvalue weighted by Crippen LogP contribution is -2.23. The number of rotatable bonds is 5. The fourth-order valence-electron chi connectivity index (χ4n) is 2.99. The summed E-state index contributed by atoms with van der Waals surface area (Å²) in [6.07, 6.45) is 3.76. The number of amides is 1. The number of hydrogen-bond acceptors (Lipinski definition) is 4. The molecule has 3 aromatic heterocycles. The van der Waals surface area contributed by atoms with Crippen LogP contribution in [0.5, 0.6) is 0 Å². The van der Waals surface area contributed by atoms with Crippen molar-refractivity contribution in [1.29, 1.82) is 0 Å². The van der Waals surface area contributed by atoms with Gasteiger partial charge in [0.1, 0.15) is 11.5 Å². The molecule has 0 aliphatic rings. The average Bonchev–Trinajstić information content (AvgIpc) is 3.21. The van der Waals surface area contributed by atoms with E-state index in [-0.39, 0.29) is 24.9 Å². The zero-order valence-electron chi connectivity index (χ0n) is 14.3. The molecular weight excluding hydrogens is 433 g/mol. The number of nitrogens with zero attached hydrogens (tertiary/aromatic N) is 2. The molecule has 1 N–H and O–H groups in total. The third-order valence-electron chi connectivity index (χ3n) is 4.15. The van der Waals surface area contributed by atoms with Crippen molar-refractivity contribution in [3.8, 4) is 0 Å². The fourth-order valence-corrected chi connectivity index (χ4v) is 4.48. The summed E-state index contributed by atoms with van der Waals surface area (Å²) in [5.41, 5.74) is 2.11. The molecular formula is C19H15BrFN3O2S. The lowest BCUT2D eigenvalue weighted by molar-refractivity contribution is 0.0950. The Morgan fingerprint density at radius 1 is 1.33 bits per heavy atom. The first kappa shape index (κ1) is 18.1. The molecule has 0 saturated carbocycles. The van der Waals surface area contributed by atoms with E-state index in [1.165, 1.54) is 24.5 Å². The number of carbonyl (C=O) groups excluding carboxylic acids is 1. The van der Waals surface area contributed by atoms with E-state index >= 15 is 0 Å². The zero-order valence-corrected chi connectivity index (χ0v) is 16.7. The van der Waals surface area contributed by atoms with Crippen LogP contribution in [0.2, 0.25) is 0 Å². The minimum atomic E-state index is -0.347. The monoisotopic (exact) mass is 447 g/mol. The largest absolute Gasteiger partial charge is 0.380 e. The summed E-state index contributed by atoms with van der Waals surface area (Å²) < 4.78 is 23.0. The number of imidazole rings is 1. The molecule has 0 fully saturated rings. The summed E-state index contributed by atoms with van der Waals surface area (Å²) in [6.45, 7) is 0.452. The van der Waals surface area contributed by atoms with Crippen LogP contribution < -0.4 is 5.32 Å². The number of ether oxygens (including phenoxy) is 1. The molecule has 0 unspecified atom stereocenters. The average molecular weight is 448 g/mol. The number of thiophene rings is 1. The van der Waals surface area contributed by atoms with Gasteiger partial charge in [-0.15, -0.1) is 11.3 Å². The molecule has 0 aliphatic carbocycles. The van der Waals surface area contributed by atoms with Gasteiger partial charge in [0.05, 0.1) is 23.7 Å². The lowest BCUT2D eigenvalue weighted by atomic mass is 10.1. The minimum Gasteiger partial charge on any atom is -0.380 e. The predicted molar refractivity (Wildman–Crippen MR) is 107 cm³/mol. The minimum absolute atomic E-state index is 0.173. The maximum absolute atomic E-state index is 14.3. The van der Waals surface area contributed by atoms with Gasteiger partial charge in [0.15, 0.2) is 0 Å². The zero-order chi connectivity index (χ0) is 19.0. The number of benzene rings is 1. The predicted octanol–water partition coefficient (Wildman–Crippen LogP) is 4.53. The van der Waals surface area contributed by atoms with E-state index < -0.39 is 0 Å². The van der Waals surface area contributed by atoms with Crippen molar-refractivity contribution in [2.45, 2.75) is 13.2 Å². The van der Waals surface area contributed by atoms with Gasteiger partial charge < -0.3 is 14.5 Å². The van der Waals surface area contributed by atoms with E-state index in [0.717, 1.165) is 20.5 Å². The number of pyridine rings is 1. The van der Waals surface area contributed by atoms with Crippen molar-refractivity contribution < 1.29 is 13.9 Å². The summed E-state index contributed by atoms with van der Waals surface area (Å²) in [4.78, 5) is 17.7. The molecule has 0 bridgehead atoms. The van der Waals surface area contributed by atoms with Gasteiger partial charge in [-0.2, -0.15) is 0 Å². The quantitative estimate of drug-likeness (QED) is 0.488. The Hall–Kier alpha value is -2.29. The maximum Gasteiger partial charge on any atom is 0.262 e. The van der Waals surface area contributed by atoms with Gasteiger partial charge in [-0.25, -0.2) is 9.37 Å². The molecule has 3 heterocycles. The Morgan fingerprint density at radius 3 is 3.00 bits per heavy atom. The molecule has 0 atom stereocenters. The van der Waals surface area contributed by atoms with E-state index in [2.05, 4.69) is 26.2 Å². The van der Waals surface area contributed by atoms with Crippen molar-refractivity contribution in [2.24, 2.45) is 0 Å². The molecule has 138 valence electrons. The summed E-state index contributed by atoms with van der Waals surface area (Å²) in [5, 5.41) is 3.33. The van der Waals surface area contributed by atoms with Gasteiger partial charge in [-0.05, 0) is 40.2 Å². The van der Waals surface area contributed by atoms with Crippen molar-refractivity contribution in [3.63, 3.8) is 0 Å². The normalized spacial score (nSPS) is 11.4. The number of aromatic nitrogens is 2. The highest BCUT2D eigenvalue weighted by molar-refractivity contribution is 9.10. The molecule has 8 heteroatoms. The first-order valence-corrected chi connectivity index (χ1v) is 9.78. The van der Waals surface area contributed by atoms with E-state index in [4.69, 9.17) is 4.74 Å². The van der Waals surface area contributed by atoms with E-state index in [1.54, 1.807) is 12.1 Å². The molecule has 4 rings (SSSR count). The molecule has 27 heavy (non-hydrogen) atoms. The van der Waals surface area contributed by atoms with E-state index in [1.807, 2.05) is 28.9 Å². The Kier molecular flexibility index (Phi) is 4.94. The summed E-state index contributed by atoms with van der Waals surface area (Å²) in [6, 6.07) is 8.64. The lowest BCUT2D eigenvalue weighted by Gasteiger charge is -2.05. The number of carbonyl (C=O) groups is 1. The highest BCUT2D eigenvalue weighted by Crippen LogP contribution is 2.33. The van der Waals surface area contributed by atoms with Gasteiger partial charge >= 0.3 is 0 Å². The molecule has 0 saturated heterocycles. The van der Waals surface area contributed by atoms with Gasteiger partial charge in [-0.1, -0.05) is 6.07 Å². The highest BCUT2D eigenvalue weighted by Gasteiger charge is 2.20. The number of hydrogen-bond donors (Lipinski definition) is 1. The van der Waals surface area contributed by atoms with Crippen LogP contribution in [-0.2, 0) is 17.9 Å². The van der Waals surface area contributed by atoms with Crippen molar-refractivity contribution in [3.05, 3.63) is 69.1 Å². The van der Waals surface area contributed by atoms with Crippen LogP contribution in [0, 0.1) is 5.82 Å². The second-order valence-electron chi connectivity index (χ2n) is 5.98. The van der Waals surface area contributed by atoms with Crippen LogP contribution in [0.25, 0.3) is 15.7 Å². The first-order chi connectivity index (χ1) is 13.1. The standard InChI is InChI=1S/C19H15BrFN3O2S/c1-26-10-13-17-14(21)3-2-4-15(17)27-18(13)19(25)22-7-12-9-24-8-11(20)5-6-16(24)23-12/h2-6,8-9H,7,10H2,1H3,(H,22,25). The molecule has 0 radical (unpaired) electrons. The van der Waals surface area contributed by atoms with Crippen LogP contribution in [0.15, 0.2) is 47.2 Å². The summed E-state index contributed by atoms with van der Waals surface area (Å²) in [5.74, 6) is -0.610. The third-order valence-corrected chi connectivity index (χ3v) is 5.82. The van der Waals surface area contributed by atoms with E-state index in [0.29, 0.717) is 15.8 Å². The molecule has 0 aliphatic heterocycles. The second-order valence-corrected chi connectivity index (χ2v) is 7.95. The summed E-state index contributed by atoms with van der Waals surface area (Å²) in [7, 11) is 1.53. The number of halogens is 2. The van der Waals surface area contributed by atoms with Crippen LogP contribution in [-0.4, -0.2) is 22.4 Å². The van der Waals surface area contributed by atoms with Crippen molar-refractivity contribution >= 4 is 48.9 Å². The molecule has 0 spiro atoms. The third kappa shape index (κ3) is 3.47. The Labute approximate surface area is 166 Å². The number of nitrogens with one attached hydrogen (secondary N) is 1. The number of fused-ring (bicyclic) bond motifs is 2. The number of methoxy groups -OCH3 is 1. The molecule has 1 aromatic carbocycles. The van der Waals surface area contributed by atoms with E-state index in [9.17, 15) is 9.18 Å². The Balaban J connectivity index is 1.60. The van der Waals surface area contributed by atoms with Gasteiger partial charge in [-0.3, -0.25) is 4.79 Å². The highest BCUT2D eigenvalue weighted by atomic mass is 79.9. The molecule has 4 aromatic rings. The van der Waals surface area contributed by atoms with Crippen LogP contribution in [0.4, 0.5) is 4.39 Å².